The van der Waals surface area contributed by atoms with Gasteiger partial charge in [0.25, 0.3) is 0 Å². The smallest absolute Gasteiger partial charge is 0.407 e. The van der Waals surface area contributed by atoms with Crippen LogP contribution in [0.25, 0.3) is 17.2 Å². The maximum absolute atomic E-state index is 12.1. The zero-order chi connectivity index (χ0) is 22.7. The number of amides is 1. The molecule has 1 N–H and O–H groups in total. The molecule has 4 rings (SSSR count). The van der Waals surface area contributed by atoms with Gasteiger partial charge in [-0.15, -0.1) is 10.2 Å². The van der Waals surface area contributed by atoms with Crippen LogP contribution in [0.3, 0.4) is 0 Å². The summed E-state index contributed by atoms with van der Waals surface area (Å²) in [6.45, 7) is 8.31. The van der Waals surface area contributed by atoms with E-state index in [-0.39, 0.29) is 23.7 Å². The molecule has 1 fully saturated rings. The number of nitrogens with zero attached hydrogens (tertiary/aromatic N) is 4. The van der Waals surface area contributed by atoms with Gasteiger partial charge in [0.15, 0.2) is 5.82 Å². The number of nitrogens with one attached hydrogen (secondary N) is 1. The highest BCUT2D eigenvalue weighted by atomic mass is 16.6. The Morgan fingerprint density at radius 1 is 1.12 bits per heavy atom. The molecule has 0 atom stereocenters. The van der Waals surface area contributed by atoms with Crippen LogP contribution in [-0.4, -0.2) is 44.1 Å². The van der Waals surface area contributed by atoms with Crippen molar-refractivity contribution < 1.29 is 14.3 Å². The Morgan fingerprint density at radius 3 is 2.50 bits per heavy atom. The fraction of sp³-hybridized carbons (Fsp3) is 0.417. The first-order valence-electron chi connectivity index (χ1n) is 10.9. The highest BCUT2D eigenvalue weighted by Gasteiger charge is 2.38. The molecule has 32 heavy (non-hydrogen) atoms. The number of ether oxygens (including phenoxy) is 2. The van der Waals surface area contributed by atoms with Gasteiger partial charge in [0.05, 0.1) is 12.8 Å². The average Bonchev–Trinajstić information content (AvgIpc) is 3.15. The first kappa shape index (κ1) is 21.8. The van der Waals surface area contributed by atoms with Crippen molar-refractivity contribution in [3.8, 4) is 23.0 Å². The molecule has 0 radical (unpaired) electrons. The first-order chi connectivity index (χ1) is 15.3. The number of aromatic nitrogens is 4. The number of carbonyl (C=O) groups is 1. The van der Waals surface area contributed by atoms with Crippen molar-refractivity contribution in [3.63, 3.8) is 0 Å². The predicted molar refractivity (Wildman–Crippen MR) is 121 cm³/mol. The van der Waals surface area contributed by atoms with E-state index in [1.165, 1.54) is 0 Å². The predicted octanol–water partition coefficient (Wildman–Crippen LogP) is 4.50. The van der Waals surface area contributed by atoms with Crippen LogP contribution in [0.4, 0.5) is 4.79 Å². The summed E-state index contributed by atoms with van der Waals surface area (Å²) in [6.07, 6.45) is 2.60. The summed E-state index contributed by atoms with van der Waals surface area (Å²) in [5, 5.41) is 11.8. The fourth-order valence-electron chi connectivity index (χ4n) is 3.68. The molecule has 8 nitrogen and oxygen atoms in total. The van der Waals surface area contributed by atoms with E-state index < -0.39 is 0 Å². The largest absolute Gasteiger partial charge is 0.492 e. The second-order valence-corrected chi connectivity index (χ2v) is 8.94. The third-order valence-corrected chi connectivity index (χ3v) is 5.19. The molecule has 168 valence electrons. The molecule has 2 aromatic heterocycles. The fourth-order valence-corrected chi connectivity index (χ4v) is 3.68. The number of pyridine rings is 1. The van der Waals surface area contributed by atoms with Crippen LogP contribution in [0, 0.1) is 0 Å². The minimum atomic E-state index is -0.384. The number of alkyl carbamates (subject to hydrolysis) is 1. The summed E-state index contributed by atoms with van der Waals surface area (Å²) >= 11 is 0. The van der Waals surface area contributed by atoms with Gasteiger partial charge in [0, 0.05) is 17.1 Å². The van der Waals surface area contributed by atoms with E-state index in [2.05, 4.69) is 20.5 Å². The molecule has 0 bridgehead atoms. The molecule has 0 spiro atoms. The van der Waals surface area contributed by atoms with Crippen LogP contribution in [-0.2, 0) is 4.74 Å². The van der Waals surface area contributed by atoms with Gasteiger partial charge in [-0.2, -0.15) is 0 Å². The van der Waals surface area contributed by atoms with E-state index in [4.69, 9.17) is 9.47 Å². The Kier molecular flexibility index (Phi) is 6.12. The van der Waals surface area contributed by atoms with Crippen LogP contribution in [0.5, 0.6) is 5.75 Å². The summed E-state index contributed by atoms with van der Waals surface area (Å²) < 4.78 is 13.1. The van der Waals surface area contributed by atoms with Gasteiger partial charge in [-0.1, -0.05) is 18.2 Å². The third kappa shape index (κ3) is 4.90. The van der Waals surface area contributed by atoms with Crippen molar-refractivity contribution >= 4 is 6.09 Å². The van der Waals surface area contributed by atoms with Crippen molar-refractivity contribution in [2.75, 3.05) is 6.61 Å². The molecule has 0 aliphatic heterocycles. The minimum absolute atomic E-state index is 0.129. The van der Waals surface area contributed by atoms with Gasteiger partial charge < -0.3 is 14.8 Å². The van der Waals surface area contributed by atoms with E-state index in [0.29, 0.717) is 31.0 Å². The third-order valence-electron chi connectivity index (χ3n) is 5.19. The molecule has 1 saturated carbocycles. The number of benzene rings is 1. The number of hydrogen-bond donors (Lipinski definition) is 1. The molecule has 0 saturated heterocycles. The van der Waals surface area contributed by atoms with E-state index in [1.54, 1.807) is 6.20 Å². The molecular weight excluding hydrogens is 406 g/mol. The maximum Gasteiger partial charge on any atom is 0.407 e. The highest BCUT2D eigenvalue weighted by Crippen LogP contribution is 2.40. The zero-order valence-corrected chi connectivity index (χ0v) is 18.9. The zero-order valence-electron chi connectivity index (χ0n) is 18.9. The second kappa shape index (κ2) is 8.98. The van der Waals surface area contributed by atoms with Crippen molar-refractivity contribution in [2.24, 2.45) is 0 Å². The van der Waals surface area contributed by atoms with Gasteiger partial charge in [0.1, 0.15) is 23.4 Å². The van der Waals surface area contributed by atoms with Gasteiger partial charge in [-0.3, -0.25) is 4.57 Å². The van der Waals surface area contributed by atoms with E-state index >= 15 is 0 Å². The lowest BCUT2D eigenvalue weighted by Gasteiger charge is -2.35. The summed E-state index contributed by atoms with van der Waals surface area (Å²) in [7, 11) is 0. The molecular formula is C24H29N5O3. The Balaban J connectivity index is 1.56. The summed E-state index contributed by atoms with van der Waals surface area (Å²) in [5.41, 5.74) is 1.36. The van der Waals surface area contributed by atoms with Gasteiger partial charge in [-0.05, 0) is 64.8 Å². The Morgan fingerprint density at radius 2 is 1.88 bits per heavy atom. The Hall–Kier alpha value is -3.42. The van der Waals surface area contributed by atoms with Crippen molar-refractivity contribution in [1.82, 2.24) is 25.1 Å². The molecule has 0 unspecified atom stereocenters. The Labute approximate surface area is 188 Å². The van der Waals surface area contributed by atoms with Gasteiger partial charge in [0.2, 0.25) is 0 Å². The molecule has 1 aliphatic carbocycles. The van der Waals surface area contributed by atoms with E-state index in [1.807, 2.05) is 74.7 Å². The lowest BCUT2D eigenvalue weighted by Crippen LogP contribution is -2.44. The van der Waals surface area contributed by atoms with Crippen LogP contribution in [0.2, 0.25) is 0 Å². The summed E-state index contributed by atoms with van der Waals surface area (Å²) in [6, 6.07) is 13.8. The lowest BCUT2D eigenvalue weighted by molar-refractivity contribution is 0.0336. The van der Waals surface area contributed by atoms with E-state index in [9.17, 15) is 4.79 Å². The number of rotatable bonds is 6. The van der Waals surface area contributed by atoms with Crippen LogP contribution in [0.1, 0.15) is 52.3 Å². The lowest BCUT2D eigenvalue weighted by atomic mass is 9.81. The molecule has 2 heterocycles. The average molecular weight is 436 g/mol. The monoisotopic (exact) mass is 435 g/mol. The topological polar surface area (TPSA) is 91.2 Å². The van der Waals surface area contributed by atoms with Crippen LogP contribution < -0.4 is 10.1 Å². The minimum Gasteiger partial charge on any atom is -0.492 e. The summed E-state index contributed by atoms with van der Waals surface area (Å²) in [5.74, 6) is 2.38. The van der Waals surface area contributed by atoms with Gasteiger partial charge in [-0.25, -0.2) is 9.78 Å². The van der Waals surface area contributed by atoms with Crippen LogP contribution in [0.15, 0.2) is 48.7 Å². The molecule has 8 heteroatoms. The van der Waals surface area contributed by atoms with E-state index in [0.717, 1.165) is 17.3 Å². The highest BCUT2D eigenvalue weighted by molar-refractivity contribution is 5.68. The van der Waals surface area contributed by atoms with Crippen molar-refractivity contribution in [1.29, 1.82) is 0 Å². The van der Waals surface area contributed by atoms with Crippen molar-refractivity contribution in [3.05, 3.63) is 54.5 Å². The number of carbonyl (C=O) groups excluding carboxylic acids is 1. The molecule has 1 aliphatic rings. The normalized spacial score (nSPS) is 18.0. The second-order valence-electron chi connectivity index (χ2n) is 8.94. The molecule has 1 amide bonds. The first-order valence-corrected chi connectivity index (χ1v) is 10.9. The maximum atomic E-state index is 12.1. The quantitative estimate of drug-likeness (QED) is 0.613. The standard InChI is InChI=1S/C24H29N5O3/c1-5-31-18-11-12-20(25-15-18)22-28-27-21(29(22)17-9-7-6-8-10-17)16-13-19(14-16)32-23(30)26-24(2,3)4/h6-12,15-16,19H,5,13-14H2,1-4H3,(H,26,30). The number of para-hydroxylation sites is 1. The summed E-state index contributed by atoms with van der Waals surface area (Å²) in [4.78, 5) is 16.6. The molecule has 3 aromatic rings. The Bertz CT molecular complexity index is 1050. The number of hydrogen-bond acceptors (Lipinski definition) is 6. The van der Waals surface area contributed by atoms with Crippen molar-refractivity contribution in [2.45, 2.75) is 58.1 Å². The van der Waals surface area contributed by atoms with Crippen LogP contribution >= 0.6 is 0 Å². The van der Waals surface area contributed by atoms with Gasteiger partial charge >= 0.3 is 6.09 Å². The molecule has 1 aromatic carbocycles. The SMILES string of the molecule is CCOc1ccc(-c2nnc(C3CC(OC(=O)NC(C)(C)C)C3)n2-c2ccccc2)nc1.